The number of nitrogens with one attached hydrogen (secondary N) is 1. The van der Waals surface area contributed by atoms with Crippen LogP contribution in [0.3, 0.4) is 0 Å². The van der Waals surface area contributed by atoms with Crippen LogP contribution in [0.2, 0.25) is 0 Å². The lowest BCUT2D eigenvalue weighted by Gasteiger charge is -2.27. The van der Waals surface area contributed by atoms with Gasteiger partial charge in [-0.2, -0.15) is 0 Å². The molecular weight excluding hydrogens is 602 g/mol. The predicted octanol–water partition coefficient (Wildman–Crippen LogP) is 5.74. The number of ether oxygens (including phenoxy) is 4. The summed E-state index contributed by atoms with van der Waals surface area (Å²) in [7, 11) is 1.21. The molecular formula is C37H55NO9. The lowest BCUT2D eigenvalue weighted by Crippen LogP contribution is -2.53. The minimum Gasteiger partial charge on any atom is -0.481 e. The van der Waals surface area contributed by atoms with E-state index in [9.17, 15) is 24.6 Å². The molecule has 0 unspecified atom stereocenters. The van der Waals surface area contributed by atoms with Crippen molar-refractivity contribution in [3.63, 3.8) is 0 Å². The summed E-state index contributed by atoms with van der Waals surface area (Å²) in [5, 5.41) is 23.1. The third kappa shape index (κ3) is 14.1. The molecule has 47 heavy (non-hydrogen) atoms. The molecule has 3 atom stereocenters. The Morgan fingerprint density at radius 3 is 2.21 bits per heavy atom. The van der Waals surface area contributed by atoms with Gasteiger partial charge in [-0.15, -0.1) is 5.92 Å². The molecule has 1 amide bonds. The van der Waals surface area contributed by atoms with Crippen molar-refractivity contribution in [1.82, 2.24) is 5.32 Å². The topological polar surface area (TPSA) is 141 Å². The van der Waals surface area contributed by atoms with Crippen LogP contribution in [0, 0.1) is 17.8 Å². The Bertz CT molecular complexity index is 1180. The molecule has 1 saturated heterocycles. The highest BCUT2D eigenvalue weighted by atomic mass is 16.7. The Hall–Kier alpha value is -3.39. The van der Waals surface area contributed by atoms with E-state index >= 15 is 0 Å². The van der Waals surface area contributed by atoms with Gasteiger partial charge in [-0.25, -0.2) is 9.59 Å². The molecule has 1 aromatic rings. The van der Waals surface area contributed by atoms with Crippen molar-refractivity contribution < 1.29 is 43.5 Å². The van der Waals surface area contributed by atoms with Crippen molar-refractivity contribution in [2.24, 2.45) is 5.92 Å². The molecule has 262 valence electrons. The standard InChI is InChI=1S/C37H55NO9/c1-5-7-9-13-16-23-37(46-26-27-47-37)24-17-14-11-10-12-15-18-31(36(3,43)35(41)42)33(39)38-32(34(40)44-4)28-29-19-21-30(22-20-29)45-25-8-6-2/h15,18-22,31-32,43H,5,7,9-14,16-17,23-28H2,1-4H3,(H,38,39)(H,41,42)/b18-15+/t31-,32+,36+/m1/s1. The number of benzene rings is 1. The first kappa shape index (κ1) is 39.8. The minimum absolute atomic E-state index is 0.0926. The molecule has 1 aromatic carbocycles. The summed E-state index contributed by atoms with van der Waals surface area (Å²) in [6, 6.07) is 5.87. The number of hydrogen-bond acceptors (Lipinski definition) is 8. The molecule has 3 N–H and O–H groups in total. The molecule has 10 nitrogen and oxygen atoms in total. The van der Waals surface area contributed by atoms with E-state index in [1.807, 2.05) is 0 Å². The third-order valence-electron chi connectivity index (χ3n) is 8.46. The zero-order valence-corrected chi connectivity index (χ0v) is 28.7. The largest absolute Gasteiger partial charge is 0.481 e. The quantitative estimate of drug-likeness (QED) is 0.0582. The zero-order chi connectivity index (χ0) is 34.5. The number of amides is 1. The van der Waals surface area contributed by atoms with Crippen molar-refractivity contribution in [2.45, 2.75) is 122 Å². The lowest BCUT2D eigenvalue weighted by molar-refractivity contribution is -0.168. The van der Waals surface area contributed by atoms with E-state index in [0.29, 0.717) is 25.4 Å². The number of allylic oxidation sites excluding steroid dienone is 1. The third-order valence-corrected chi connectivity index (χ3v) is 8.46. The lowest BCUT2D eigenvalue weighted by atomic mass is 9.87. The predicted molar refractivity (Wildman–Crippen MR) is 180 cm³/mol. The molecule has 0 aromatic heterocycles. The summed E-state index contributed by atoms with van der Waals surface area (Å²) in [4.78, 5) is 37.9. The maximum absolute atomic E-state index is 13.4. The second-order valence-electron chi connectivity index (χ2n) is 12.2. The van der Waals surface area contributed by atoms with Gasteiger partial charge in [-0.05, 0) is 57.2 Å². The van der Waals surface area contributed by atoms with Gasteiger partial charge in [0.2, 0.25) is 5.91 Å². The Labute approximate surface area is 280 Å². The van der Waals surface area contributed by atoms with Crippen molar-refractivity contribution >= 4 is 17.8 Å². The summed E-state index contributed by atoms with van der Waals surface area (Å²) in [5.74, 6) is 1.25. The highest BCUT2D eigenvalue weighted by Gasteiger charge is 2.43. The van der Waals surface area contributed by atoms with Gasteiger partial charge in [-0.1, -0.05) is 75.7 Å². The Morgan fingerprint density at radius 2 is 1.64 bits per heavy atom. The molecule has 0 radical (unpaired) electrons. The van der Waals surface area contributed by atoms with E-state index in [-0.39, 0.29) is 13.0 Å². The fourth-order valence-electron chi connectivity index (χ4n) is 5.56. The van der Waals surface area contributed by atoms with Crippen LogP contribution in [0.5, 0.6) is 5.75 Å². The Balaban J connectivity index is 1.92. The number of hydrogen-bond donors (Lipinski definition) is 3. The first-order chi connectivity index (χ1) is 22.6. The van der Waals surface area contributed by atoms with Crippen molar-refractivity contribution in [3.8, 4) is 17.6 Å². The second kappa shape index (κ2) is 21.5. The molecule has 1 aliphatic rings. The van der Waals surface area contributed by atoms with Crippen LogP contribution in [0.15, 0.2) is 36.4 Å². The number of aliphatic carboxylic acids is 1. The minimum atomic E-state index is -2.40. The average molecular weight is 658 g/mol. The molecule has 0 bridgehead atoms. The van der Waals surface area contributed by atoms with Gasteiger partial charge < -0.3 is 34.5 Å². The van der Waals surface area contributed by atoms with Crippen LogP contribution < -0.4 is 10.1 Å². The van der Waals surface area contributed by atoms with Crippen LogP contribution in [0.25, 0.3) is 0 Å². The number of unbranched alkanes of at least 4 members (excludes halogenated alkanes) is 8. The zero-order valence-electron chi connectivity index (χ0n) is 28.7. The van der Waals surface area contributed by atoms with Crippen LogP contribution in [-0.2, 0) is 35.0 Å². The molecule has 1 fully saturated rings. The summed E-state index contributed by atoms with van der Waals surface area (Å²) in [6.45, 7) is 6.55. The van der Waals surface area contributed by atoms with Crippen molar-refractivity contribution in [2.75, 3.05) is 26.9 Å². The van der Waals surface area contributed by atoms with Gasteiger partial charge in [0.15, 0.2) is 11.4 Å². The number of esters is 1. The number of carboxylic acid groups (broad SMARTS) is 1. The molecule has 1 aliphatic heterocycles. The number of rotatable bonds is 23. The van der Waals surface area contributed by atoms with Crippen LogP contribution in [0.1, 0.15) is 103 Å². The molecule has 0 saturated carbocycles. The van der Waals surface area contributed by atoms with Crippen LogP contribution in [-0.4, -0.2) is 72.4 Å². The first-order valence-corrected chi connectivity index (χ1v) is 17.0. The number of carbonyl (C=O) groups is 3. The van der Waals surface area contributed by atoms with Gasteiger partial charge in [0.1, 0.15) is 18.4 Å². The summed E-state index contributed by atoms with van der Waals surface area (Å²) >= 11 is 0. The Kier molecular flexibility index (Phi) is 18.2. The fourth-order valence-corrected chi connectivity index (χ4v) is 5.56. The van der Waals surface area contributed by atoms with Gasteiger partial charge in [0.05, 0.1) is 26.2 Å². The first-order valence-electron chi connectivity index (χ1n) is 17.0. The number of methoxy groups -OCH3 is 1. The Morgan fingerprint density at radius 1 is 1.02 bits per heavy atom. The number of carbonyl (C=O) groups excluding carboxylic acids is 2. The van der Waals surface area contributed by atoms with Gasteiger partial charge in [-0.3, -0.25) is 4.79 Å². The van der Waals surface area contributed by atoms with Crippen molar-refractivity contribution in [1.29, 1.82) is 0 Å². The van der Waals surface area contributed by atoms with E-state index < -0.39 is 41.2 Å². The average Bonchev–Trinajstić information content (AvgIpc) is 3.52. The van der Waals surface area contributed by atoms with E-state index in [0.717, 1.165) is 57.4 Å². The summed E-state index contributed by atoms with van der Waals surface area (Å²) in [6.07, 6.45) is 15.4. The molecule has 0 aliphatic carbocycles. The monoisotopic (exact) mass is 657 g/mol. The maximum atomic E-state index is 13.4. The van der Waals surface area contributed by atoms with E-state index in [1.165, 1.54) is 38.9 Å². The van der Waals surface area contributed by atoms with Crippen LogP contribution in [0.4, 0.5) is 0 Å². The van der Waals surface area contributed by atoms with Crippen molar-refractivity contribution in [3.05, 3.63) is 42.0 Å². The SMILES string of the molecule is CC#CCOc1ccc(C[C@H](NC(=O)[C@@H](/C=C/CCCCCCC2(CCCCCCC)OCCO2)[C@](C)(O)C(=O)O)C(=O)OC)cc1. The molecule has 10 heteroatoms. The fraction of sp³-hybridized carbons (Fsp3) is 0.649. The van der Waals surface area contributed by atoms with E-state index in [2.05, 4.69) is 24.1 Å². The van der Waals surface area contributed by atoms with Gasteiger partial charge in [0.25, 0.3) is 0 Å². The molecule has 2 rings (SSSR count). The smallest absolute Gasteiger partial charge is 0.336 e. The number of aliphatic hydroxyl groups is 1. The molecule has 1 heterocycles. The normalized spacial score (nSPS) is 16.4. The highest BCUT2D eigenvalue weighted by Crippen LogP contribution is 2.32. The second-order valence-corrected chi connectivity index (χ2v) is 12.2. The van der Waals surface area contributed by atoms with Gasteiger partial charge >= 0.3 is 11.9 Å². The number of carboxylic acids is 1. The van der Waals surface area contributed by atoms with E-state index in [1.54, 1.807) is 37.3 Å². The van der Waals surface area contributed by atoms with Crippen LogP contribution >= 0.6 is 0 Å². The maximum Gasteiger partial charge on any atom is 0.336 e. The summed E-state index contributed by atoms with van der Waals surface area (Å²) < 4.78 is 22.4. The van der Waals surface area contributed by atoms with Gasteiger partial charge in [0, 0.05) is 19.3 Å². The molecule has 0 spiro atoms. The highest BCUT2D eigenvalue weighted by molar-refractivity contribution is 5.92. The summed E-state index contributed by atoms with van der Waals surface area (Å²) in [5.41, 5.74) is -1.68. The van der Waals surface area contributed by atoms with E-state index in [4.69, 9.17) is 18.9 Å².